The monoisotopic (exact) mass is 279 g/mol. The molecule has 0 spiro atoms. The lowest BCUT2D eigenvalue weighted by molar-refractivity contribution is 0.259. The van der Waals surface area contributed by atoms with Gasteiger partial charge in [0.05, 0.1) is 0 Å². The van der Waals surface area contributed by atoms with Crippen LogP contribution in [0.25, 0.3) is 0 Å². The smallest absolute Gasteiger partial charge is 0.0201 e. The third-order valence-electron chi connectivity index (χ3n) is 3.49. The number of halogens is 1. The van der Waals surface area contributed by atoms with E-state index in [1.165, 1.54) is 51.6 Å². The van der Waals surface area contributed by atoms with Crippen LogP contribution >= 0.6 is 22.9 Å². The van der Waals surface area contributed by atoms with E-state index in [2.05, 4.69) is 26.0 Å². The van der Waals surface area contributed by atoms with E-state index >= 15 is 0 Å². The van der Waals surface area contributed by atoms with E-state index in [-0.39, 0.29) is 0 Å². The van der Waals surface area contributed by atoms with Crippen LogP contribution in [-0.2, 0) is 0 Å². The second kappa shape index (κ2) is 4.27. The quantitative estimate of drug-likeness (QED) is 0.526. The fourth-order valence-electron chi connectivity index (χ4n) is 2.73. The summed E-state index contributed by atoms with van der Waals surface area (Å²) in [5.74, 6) is 2.13. The Balaban J connectivity index is 1.83. The molecule has 2 fully saturated rings. The predicted molar refractivity (Wildman–Crippen MR) is 60.3 cm³/mol. The number of nitrogens with zero attached hydrogens (tertiary/aromatic N) is 1. The first kappa shape index (κ1) is 9.25. The average molecular weight is 279 g/mol. The molecule has 1 saturated carbocycles. The summed E-state index contributed by atoms with van der Waals surface area (Å²) in [6.07, 6.45) is 9.01. The molecular formula is C10H18IN. The van der Waals surface area contributed by atoms with Crippen LogP contribution in [0, 0.1) is 11.8 Å². The maximum absolute atomic E-state index is 2.48. The van der Waals surface area contributed by atoms with Crippen LogP contribution in [0.3, 0.4) is 0 Å². The summed E-state index contributed by atoms with van der Waals surface area (Å²) < 4.78 is 2.47. The first-order valence-corrected chi connectivity index (χ1v) is 6.23. The van der Waals surface area contributed by atoms with Crippen molar-refractivity contribution >= 4 is 22.9 Å². The van der Waals surface area contributed by atoms with Crippen LogP contribution in [0.5, 0.6) is 0 Å². The van der Waals surface area contributed by atoms with E-state index in [9.17, 15) is 0 Å². The van der Waals surface area contributed by atoms with Crippen molar-refractivity contribution in [2.45, 2.75) is 38.5 Å². The third kappa shape index (κ3) is 2.13. The van der Waals surface area contributed by atoms with Gasteiger partial charge in [0.1, 0.15) is 0 Å². The van der Waals surface area contributed by atoms with Gasteiger partial charge in [0.25, 0.3) is 0 Å². The van der Waals surface area contributed by atoms with Gasteiger partial charge in [0, 0.05) is 36.0 Å². The zero-order chi connectivity index (χ0) is 8.39. The van der Waals surface area contributed by atoms with Crippen LogP contribution < -0.4 is 0 Å². The maximum atomic E-state index is 2.48. The SMILES string of the molecule is IN1CCC(C2CCCCC2)C1. The normalized spacial score (nSPS) is 34.2. The van der Waals surface area contributed by atoms with E-state index in [1.807, 2.05) is 0 Å². The van der Waals surface area contributed by atoms with E-state index in [0.717, 1.165) is 11.8 Å². The Morgan fingerprint density at radius 1 is 0.917 bits per heavy atom. The van der Waals surface area contributed by atoms with Gasteiger partial charge in [0.15, 0.2) is 0 Å². The highest BCUT2D eigenvalue weighted by atomic mass is 127. The van der Waals surface area contributed by atoms with Gasteiger partial charge >= 0.3 is 0 Å². The first-order chi connectivity index (χ1) is 5.86. The van der Waals surface area contributed by atoms with Gasteiger partial charge in [0.2, 0.25) is 0 Å². The highest BCUT2D eigenvalue weighted by Crippen LogP contribution is 2.35. The topological polar surface area (TPSA) is 3.24 Å². The molecule has 1 aliphatic carbocycles. The number of hydrogen-bond donors (Lipinski definition) is 0. The second-order valence-electron chi connectivity index (χ2n) is 4.32. The Hall–Kier alpha value is 0.690. The van der Waals surface area contributed by atoms with Crippen molar-refractivity contribution in [3.8, 4) is 0 Å². The van der Waals surface area contributed by atoms with Gasteiger partial charge in [-0.3, -0.25) is 0 Å². The molecule has 70 valence electrons. The van der Waals surface area contributed by atoms with Gasteiger partial charge in [-0.05, 0) is 18.3 Å². The molecule has 0 N–H and O–H groups in total. The Morgan fingerprint density at radius 3 is 2.25 bits per heavy atom. The Morgan fingerprint density at radius 2 is 1.67 bits per heavy atom. The maximum Gasteiger partial charge on any atom is 0.0201 e. The minimum absolute atomic E-state index is 1.04. The molecule has 0 aromatic rings. The summed E-state index contributed by atoms with van der Waals surface area (Å²) >= 11 is 2.48. The van der Waals surface area contributed by atoms with Crippen molar-refractivity contribution in [2.75, 3.05) is 13.1 Å². The molecule has 1 saturated heterocycles. The molecule has 0 amide bonds. The highest BCUT2D eigenvalue weighted by molar-refractivity contribution is 14.1. The van der Waals surface area contributed by atoms with E-state index in [0.29, 0.717) is 0 Å². The van der Waals surface area contributed by atoms with Crippen LogP contribution in [0.1, 0.15) is 38.5 Å². The lowest BCUT2D eigenvalue weighted by Crippen LogP contribution is -2.19. The molecule has 1 heterocycles. The van der Waals surface area contributed by atoms with E-state index in [4.69, 9.17) is 0 Å². The van der Waals surface area contributed by atoms with Gasteiger partial charge in [-0.2, -0.15) is 0 Å². The Labute approximate surface area is 89.4 Å². The van der Waals surface area contributed by atoms with E-state index < -0.39 is 0 Å². The third-order valence-corrected chi connectivity index (χ3v) is 4.37. The standard InChI is InChI=1S/C10H18IN/c11-12-7-6-10(8-12)9-4-2-1-3-5-9/h9-10H,1-8H2. The minimum atomic E-state index is 1.04. The van der Waals surface area contributed by atoms with Crippen LogP contribution in [0.4, 0.5) is 0 Å². The highest BCUT2D eigenvalue weighted by Gasteiger charge is 2.28. The molecule has 2 rings (SSSR count). The van der Waals surface area contributed by atoms with Crippen molar-refractivity contribution in [2.24, 2.45) is 11.8 Å². The van der Waals surface area contributed by atoms with Crippen molar-refractivity contribution in [1.29, 1.82) is 0 Å². The molecule has 0 aromatic heterocycles. The summed E-state index contributed by atoms with van der Waals surface area (Å²) in [6, 6.07) is 0. The number of rotatable bonds is 1. The molecular weight excluding hydrogens is 261 g/mol. The molecule has 0 aromatic carbocycles. The predicted octanol–water partition coefficient (Wildman–Crippen LogP) is 3.24. The second-order valence-corrected chi connectivity index (χ2v) is 5.68. The van der Waals surface area contributed by atoms with Crippen molar-refractivity contribution < 1.29 is 0 Å². The summed E-state index contributed by atoms with van der Waals surface area (Å²) in [5.41, 5.74) is 0. The molecule has 1 nitrogen and oxygen atoms in total. The van der Waals surface area contributed by atoms with Crippen molar-refractivity contribution in [1.82, 2.24) is 3.11 Å². The molecule has 1 unspecified atom stereocenters. The Bertz CT molecular complexity index is 140. The molecule has 1 aliphatic heterocycles. The summed E-state index contributed by atoms with van der Waals surface area (Å²) in [5, 5.41) is 0. The van der Waals surface area contributed by atoms with Crippen LogP contribution in [0.15, 0.2) is 0 Å². The van der Waals surface area contributed by atoms with Crippen molar-refractivity contribution in [3.05, 3.63) is 0 Å². The van der Waals surface area contributed by atoms with Gasteiger partial charge < -0.3 is 0 Å². The first-order valence-electron chi connectivity index (χ1n) is 5.27. The molecule has 1 atom stereocenters. The van der Waals surface area contributed by atoms with Crippen LogP contribution in [-0.4, -0.2) is 16.2 Å². The molecule has 2 heteroatoms. The van der Waals surface area contributed by atoms with Gasteiger partial charge in [-0.25, -0.2) is 3.11 Å². The zero-order valence-electron chi connectivity index (χ0n) is 7.64. The largest absolute Gasteiger partial charge is 0.247 e. The number of hydrogen-bond acceptors (Lipinski definition) is 1. The zero-order valence-corrected chi connectivity index (χ0v) is 9.79. The molecule has 0 bridgehead atoms. The lowest BCUT2D eigenvalue weighted by Gasteiger charge is -2.26. The minimum Gasteiger partial charge on any atom is -0.247 e. The van der Waals surface area contributed by atoms with Gasteiger partial charge in [-0.15, -0.1) is 0 Å². The molecule has 12 heavy (non-hydrogen) atoms. The summed E-state index contributed by atoms with van der Waals surface area (Å²) in [7, 11) is 0. The molecule has 2 aliphatic rings. The summed E-state index contributed by atoms with van der Waals surface area (Å²) in [4.78, 5) is 0. The summed E-state index contributed by atoms with van der Waals surface area (Å²) in [6.45, 7) is 2.70. The Kier molecular flexibility index (Phi) is 3.29. The van der Waals surface area contributed by atoms with Crippen LogP contribution in [0.2, 0.25) is 0 Å². The fourth-order valence-corrected chi connectivity index (χ4v) is 3.52. The molecule has 0 radical (unpaired) electrons. The fraction of sp³-hybridized carbons (Fsp3) is 1.00. The average Bonchev–Trinajstić information content (AvgIpc) is 2.54. The van der Waals surface area contributed by atoms with Gasteiger partial charge in [-0.1, -0.05) is 32.1 Å². The lowest BCUT2D eigenvalue weighted by atomic mass is 9.80. The van der Waals surface area contributed by atoms with Crippen molar-refractivity contribution in [3.63, 3.8) is 0 Å². The van der Waals surface area contributed by atoms with E-state index in [1.54, 1.807) is 0 Å².